The SMILES string of the molecule is Cc1ncsc1CN1CC[C@]2(C[C@@H](NC(=O)N(C)C)CCO2)C1. The second-order valence-electron chi connectivity index (χ2n) is 6.89. The first-order valence-corrected chi connectivity index (χ1v) is 9.08. The number of aromatic nitrogens is 1. The summed E-state index contributed by atoms with van der Waals surface area (Å²) in [5.74, 6) is 0. The third-order valence-corrected chi connectivity index (χ3v) is 5.75. The Kier molecular flexibility index (Phi) is 4.89. The van der Waals surface area contributed by atoms with Gasteiger partial charge >= 0.3 is 6.03 Å². The van der Waals surface area contributed by atoms with Crippen LogP contribution in [0, 0.1) is 6.92 Å². The molecule has 0 radical (unpaired) electrons. The normalized spacial score (nSPS) is 28.2. The van der Waals surface area contributed by atoms with Crippen molar-refractivity contribution in [2.75, 3.05) is 33.8 Å². The van der Waals surface area contributed by atoms with Gasteiger partial charge in [0.15, 0.2) is 0 Å². The smallest absolute Gasteiger partial charge is 0.317 e. The largest absolute Gasteiger partial charge is 0.373 e. The first-order chi connectivity index (χ1) is 11.0. The average Bonchev–Trinajstić information content (AvgIpc) is 3.07. The third-order valence-electron chi connectivity index (χ3n) is 4.83. The number of urea groups is 1. The van der Waals surface area contributed by atoms with Gasteiger partial charge in [0.2, 0.25) is 0 Å². The molecule has 2 fully saturated rings. The predicted molar refractivity (Wildman–Crippen MR) is 90.7 cm³/mol. The van der Waals surface area contributed by atoms with E-state index in [1.165, 1.54) is 4.88 Å². The first kappa shape index (κ1) is 16.7. The van der Waals surface area contributed by atoms with Crippen molar-refractivity contribution >= 4 is 17.4 Å². The van der Waals surface area contributed by atoms with Gasteiger partial charge in [-0.25, -0.2) is 9.78 Å². The number of carbonyl (C=O) groups is 1. The number of nitrogens with one attached hydrogen (secondary N) is 1. The molecule has 128 valence electrons. The van der Waals surface area contributed by atoms with Gasteiger partial charge in [-0.2, -0.15) is 0 Å². The Balaban J connectivity index is 1.57. The molecule has 2 amide bonds. The van der Waals surface area contributed by atoms with Gasteiger partial charge in [-0.05, 0) is 26.2 Å². The number of amides is 2. The molecule has 3 rings (SSSR count). The molecule has 0 unspecified atom stereocenters. The highest BCUT2D eigenvalue weighted by Crippen LogP contribution is 2.35. The topological polar surface area (TPSA) is 57.7 Å². The fourth-order valence-corrected chi connectivity index (χ4v) is 4.30. The minimum Gasteiger partial charge on any atom is -0.373 e. The summed E-state index contributed by atoms with van der Waals surface area (Å²) >= 11 is 1.73. The molecule has 1 aromatic rings. The highest BCUT2D eigenvalue weighted by Gasteiger charge is 2.43. The monoisotopic (exact) mass is 338 g/mol. The zero-order chi connectivity index (χ0) is 16.4. The van der Waals surface area contributed by atoms with E-state index in [-0.39, 0.29) is 17.7 Å². The van der Waals surface area contributed by atoms with Crippen molar-refractivity contribution in [3.8, 4) is 0 Å². The van der Waals surface area contributed by atoms with E-state index in [9.17, 15) is 4.79 Å². The fourth-order valence-electron chi connectivity index (χ4n) is 3.48. The Bertz CT molecular complexity index is 562. The minimum atomic E-state index is -0.0961. The van der Waals surface area contributed by atoms with Crippen LogP contribution in [0.2, 0.25) is 0 Å². The maximum absolute atomic E-state index is 11.9. The number of aryl methyl sites for hydroxylation is 1. The van der Waals surface area contributed by atoms with Crippen molar-refractivity contribution in [1.82, 2.24) is 20.1 Å². The third kappa shape index (κ3) is 3.84. The molecule has 2 aliphatic heterocycles. The zero-order valence-electron chi connectivity index (χ0n) is 14.2. The fraction of sp³-hybridized carbons (Fsp3) is 0.750. The van der Waals surface area contributed by atoms with Gasteiger partial charge in [0.25, 0.3) is 0 Å². The lowest BCUT2D eigenvalue weighted by atomic mass is 9.89. The van der Waals surface area contributed by atoms with Crippen LogP contribution in [0.3, 0.4) is 0 Å². The van der Waals surface area contributed by atoms with E-state index in [2.05, 4.69) is 22.1 Å². The van der Waals surface area contributed by atoms with E-state index in [0.717, 1.165) is 51.2 Å². The molecule has 2 aliphatic rings. The van der Waals surface area contributed by atoms with Crippen molar-refractivity contribution in [1.29, 1.82) is 0 Å². The van der Waals surface area contributed by atoms with E-state index < -0.39 is 0 Å². The highest BCUT2D eigenvalue weighted by atomic mass is 32.1. The summed E-state index contributed by atoms with van der Waals surface area (Å²) in [6, 6.07) is 0.200. The number of likely N-dealkylation sites (tertiary alicyclic amines) is 1. The van der Waals surface area contributed by atoms with Crippen molar-refractivity contribution in [3.63, 3.8) is 0 Å². The molecular weight excluding hydrogens is 312 g/mol. The van der Waals surface area contributed by atoms with Crippen LogP contribution in [0.4, 0.5) is 4.79 Å². The quantitative estimate of drug-likeness (QED) is 0.914. The lowest BCUT2D eigenvalue weighted by molar-refractivity contribution is -0.0792. The van der Waals surface area contributed by atoms with Crippen LogP contribution >= 0.6 is 11.3 Å². The van der Waals surface area contributed by atoms with Crippen LogP contribution in [0.25, 0.3) is 0 Å². The Hall–Kier alpha value is -1.18. The van der Waals surface area contributed by atoms with E-state index in [1.807, 2.05) is 5.51 Å². The van der Waals surface area contributed by atoms with E-state index in [1.54, 1.807) is 30.3 Å². The maximum atomic E-state index is 11.9. The maximum Gasteiger partial charge on any atom is 0.317 e. The molecule has 0 saturated carbocycles. The van der Waals surface area contributed by atoms with Crippen molar-refractivity contribution < 1.29 is 9.53 Å². The van der Waals surface area contributed by atoms with Gasteiger partial charge < -0.3 is 15.0 Å². The molecule has 0 bridgehead atoms. The Morgan fingerprint density at radius 1 is 1.61 bits per heavy atom. The number of nitrogens with zero attached hydrogens (tertiary/aromatic N) is 3. The number of hydrogen-bond donors (Lipinski definition) is 1. The molecule has 23 heavy (non-hydrogen) atoms. The summed E-state index contributed by atoms with van der Waals surface area (Å²) in [6.45, 7) is 5.74. The molecule has 7 heteroatoms. The van der Waals surface area contributed by atoms with Gasteiger partial charge in [0, 0.05) is 51.3 Å². The van der Waals surface area contributed by atoms with Crippen LogP contribution < -0.4 is 5.32 Å². The molecule has 1 spiro atoms. The van der Waals surface area contributed by atoms with E-state index >= 15 is 0 Å². The van der Waals surface area contributed by atoms with Crippen LogP contribution in [0.15, 0.2) is 5.51 Å². The minimum absolute atomic E-state index is 0.0119. The van der Waals surface area contributed by atoms with Gasteiger partial charge in [-0.15, -0.1) is 11.3 Å². The summed E-state index contributed by atoms with van der Waals surface area (Å²) in [4.78, 5) is 21.6. The molecule has 1 aromatic heterocycles. The second kappa shape index (κ2) is 6.75. The van der Waals surface area contributed by atoms with Crippen LogP contribution in [0.5, 0.6) is 0 Å². The lowest BCUT2D eigenvalue weighted by Crippen LogP contribution is -2.51. The molecule has 2 saturated heterocycles. The Morgan fingerprint density at radius 2 is 2.43 bits per heavy atom. The summed E-state index contributed by atoms with van der Waals surface area (Å²) in [5, 5.41) is 3.12. The summed E-state index contributed by atoms with van der Waals surface area (Å²) in [6.07, 6.45) is 2.85. The second-order valence-corrected chi connectivity index (χ2v) is 7.83. The van der Waals surface area contributed by atoms with Gasteiger partial charge in [0.1, 0.15) is 0 Å². The molecule has 6 nitrogen and oxygen atoms in total. The molecule has 1 N–H and O–H groups in total. The van der Waals surface area contributed by atoms with Crippen molar-refractivity contribution in [2.24, 2.45) is 0 Å². The standard InChI is InChI=1S/C16H26N4O2S/c1-12-14(23-11-17-12)9-20-6-5-16(10-20)8-13(4-7-22-16)18-15(21)19(2)3/h11,13H,4-10H2,1-3H3,(H,18,21)/t13-,16-/m0/s1. The highest BCUT2D eigenvalue weighted by molar-refractivity contribution is 7.09. The Labute approximate surface area is 141 Å². The number of carbonyl (C=O) groups excluding carboxylic acids is 1. The van der Waals surface area contributed by atoms with Crippen LogP contribution in [0.1, 0.15) is 29.8 Å². The van der Waals surface area contributed by atoms with Gasteiger partial charge in [-0.3, -0.25) is 4.90 Å². The lowest BCUT2D eigenvalue weighted by Gasteiger charge is -2.38. The zero-order valence-corrected chi connectivity index (χ0v) is 15.0. The summed E-state index contributed by atoms with van der Waals surface area (Å²) in [5.41, 5.74) is 2.96. The Morgan fingerprint density at radius 3 is 3.13 bits per heavy atom. The summed E-state index contributed by atoms with van der Waals surface area (Å²) < 4.78 is 6.16. The van der Waals surface area contributed by atoms with E-state index in [4.69, 9.17) is 4.74 Å². The molecule has 0 aliphatic carbocycles. The number of rotatable bonds is 3. The van der Waals surface area contributed by atoms with E-state index in [0.29, 0.717) is 0 Å². The predicted octanol–water partition coefficient (Wildman–Crippen LogP) is 1.85. The number of ether oxygens (including phenoxy) is 1. The molecule has 3 heterocycles. The van der Waals surface area contributed by atoms with Crippen LogP contribution in [-0.2, 0) is 11.3 Å². The molecule has 2 atom stereocenters. The van der Waals surface area contributed by atoms with Crippen molar-refractivity contribution in [2.45, 2.75) is 44.4 Å². The number of thiazole rings is 1. The molecular formula is C16H26N4O2S. The van der Waals surface area contributed by atoms with Gasteiger partial charge in [-0.1, -0.05) is 0 Å². The summed E-state index contributed by atoms with van der Waals surface area (Å²) in [7, 11) is 3.55. The van der Waals surface area contributed by atoms with Crippen LogP contribution in [-0.4, -0.2) is 66.2 Å². The van der Waals surface area contributed by atoms with Gasteiger partial charge in [0.05, 0.1) is 16.8 Å². The number of hydrogen-bond acceptors (Lipinski definition) is 5. The van der Waals surface area contributed by atoms with Crippen molar-refractivity contribution in [3.05, 3.63) is 16.1 Å². The molecule has 0 aromatic carbocycles. The first-order valence-electron chi connectivity index (χ1n) is 8.20. The average molecular weight is 338 g/mol.